The average molecular weight is 602 g/mol. The highest BCUT2D eigenvalue weighted by Crippen LogP contribution is 2.28. The van der Waals surface area contributed by atoms with Gasteiger partial charge in [0.15, 0.2) is 5.82 Å². The molecule has 0 atom stereocenters. The van der Waals surface area contributed by atoms with Gasteiger partial charge < -0.3 is 19.5 Å². The Hall–Kier alpha value is -2.16. The summed E-state index contributed by atoms with van der Waals surface area (Å²) in [6.45, 7) is 11.8. The first-order chi connectivity index (χ1) is 16.9. The minimum Gasteiger partial charge on any atom is -0.493 e. The molecule has 0 radical (unpaired) electrons. The lowest BCUT2D eigenvalue weighted by Crippen LogP contribution is -2.44. The molecule has 0 unspecified atom stereocenters. The fourth-order valence-corrected chi connectivity index (χ4v) is 4.59. The van der Waals surface area contributed by atoms with E-state index in [-0.39, 0.29) is 37.2 Å². The summed E-state index contributed by atoms with van der Waals surface area (Å²) in [5.74, 6) is 2.07. The smallest absolute Gasteiger partial charge is 0.159 e. The number of ether oxygens (including phenoxy) is 1. The van der Waals surface area contributed by atoms with Crippen LogP contribution < -0.4 is 9.64 Å². The maximum absolute atomic E-state index is 6.30. The predicted octanol–water partition coefficient (Wildman–Crippen LogP) is 6.49. The number of benzene rings is 2. The molecule has 0 amide bonds. The molecule has 3 heterocycles. The van der Waals surface area contributed by atoms with Crippen molar-refractivity contribution in [2.45, 2.75) is 27.3 Å². The molecule has 1 saturated heterocycles. The van der Waals surface area contributed by atoms with Crippen molar-refractivity contribution in [1.29, 1.82) is 0 Å². The zero-order chi connectivity index (χ0) is 24.5. The van der Waals surface area contributed by atoms with Gasteiger partial charge in [-0.25, -0.2) is 4.98 Å². The third kappa shape index (κ3) is 7.27. The number of imidazole rings is 1. The van der Waals surface area contributed by atoms with Gasteiger partial charge in [0.1, 0.15) is 11.4 Å². The van der Waals surface area contributed by atoms with Crippen LogP contribution in [0.1, 0.15) is 25.1 Å². The number of nitrogens with one attached hydrogen (secondary N) is 1. The molecule has 2 aromatic heterocycles. The predicted molar refractivity (Wildman–Crippen MR) is 164 cm³/mol. The summed E-state index contributed by atoms with van der Waals surface area (Å²) in [7, 11) is 2.18. The van der Waals surface area contributed by atoms with Crippen LogP contribution in [0.25, 0.3) is 22.6 Å². The standard InChI is InChI=1S/C27H33ClN6O.3ClH/c1-18(2)17-35-26-8-5-21(28)14-20(26)16-34-19(3)13-25(31-34)27-29-23-7-6-22(15-24(23)30-27)33-11-9-32(4)10-12-33;;;/h5-8,13-15,18H,9-12,16-17H2,1-4H3,(H,29,30);3*1H. The van der Waals surface area contributed by atoms with Crippen LogP contribution in [-0.2, 0) is 6.54 Å². The Morgan fingerprint density at radius 1 is 1.00 bits per heavy atom. The van der Waals surface area contributed by atoms with E-state index >= 15 is 0 Å². The number of hydrogen-bond donors (Lipinski definition) is 1. The SMILES string of the molecule is Cc1cc(-c2nc3ccc(N4CCN(C)CC4)cc3[nH]2)nn1Cc1cc(Cl)ccc1OCC(C)C.Cl.Cl.Cl. The summed E-state index contributed by atoms with van der Waals surface area (Å²) in [5, 5.41) is 5.56. The summed E-state index contributed by atoms with van der Waals surface area (Å²) < 4.78 is 8.02. The molecule has 0 saturated carbocycles. The summed E-state index contributed by atoms with van der Waals surface area (Å²) in [6.07, 6.45) is 0. The van der Waals surface area contributed by atoms with E-state index in [1.165, 1.54) is 5.69 Å². The van der Waals surface area contributed by atoms with Gasteiger partial charge in [-0.05, 0) is 62.4 Å². The number of piperazine rings is 1. The van der Waals surface area contributed by atoms with Crippen LogP contribution in [0.2, 0.25) is 5.02 Å². The van der Waals surface area contributed by atoms with Crippen LogP contribution in [-0.4, -0.2) is 64.5 Å². The van der Waals surface area contributed by atoms with Crippen molar-refractivity contribution < 1.29 is 4.74 Å². The van der Waals surface area contributed by atoms with Gasteiger partial charge in [0.05, 0.1) is 24.2 Å². The monoisotopic (exact) mass is 600 g/mol. The highest BCUT2D eigenvalue weighted by atomic mass is 35.5. The highest BCUT2D eigenvalue weighted by Gasteiger charge is 2.17. The maximum Gasteiger partial charge on any atom is 0.159 e. The molecule has 0 aliphatic carbocycles. The molecule has 2 aromatic carbocycles. The number of aromatic nitrogens is 4. The molecule has 1 N–H and O–H groups in total. The van der Waals surface area contributed by atoms with E-state index in [2.05, 4.69) is 66.9 Å². The lowest BCUT2D eigenvalue weighted by Gasteiger charge is -2.34. The topological polar surface area (TPSA) is 62.2 Å². The number of likely N-dealkylation sites (N-methyl/N-ethyl adjacent to an activating group) is 1. The van der Waals surface area contributed by atoms with Crippen LogP contribution >= 0.6 is 48.8 Å². The summed E-state index contributed by atoms with van der Waals surface area (Å²) in [6, 6.07) is 14.3. The minimum atomic E-state index is 0. The molecule has 0 bridgehead atoms. The Morgan fingerprint density at radius 2 is 1.74 bits per heavy atom. The number of nitrogens with zero attached hydrogens (tertiary/aromatic N) is 5. The van der Waals surface area contributed by atoms with Gasteiger partial charge in [-0.2, -0.15) is 5.10 Å². The molecule has 4 aromatic rings. The average Bonchev–Trinajstić information content (AvgIpc) is 3.42. The molecular formula is C27H36Cl4N6O. The number of H-pyrrole nitrogens is 1. The molecule has 1 aliphatic rings. The molecule has 1 fully saturated rings. The summed E-state index contributed by atoms with van der Waals surface area (Å²) in [5.41, 5.74) is 6.10. The number of rotatable bonds is 7. The number of fused-ring (bicyclic) bond motifs is 1. The Labute approximate surface area is 248 Å². The molecular weight excluding hydrogens is 566 g/mol. The number of aromatic amines is 1. The van der Waals surface area contributed by atoms with Crippen LogP contribution in [0.5, 0.6) is 5.75 Å². The Kier molecular flexibility index (Phi) is 11.6. The lowest BCUT2D eigenvalue weighted by molar-refractivity contribution is 0.268. The van der Waals surface area contributed by atoms with Gasteiger partial charge in [0.25, 0.3) is 0 Å². The zero-order valence-electron chi connectivity index (χ0n) is 22.1. The first-order valence-corrected chi connectivity index (χ1v) is 12.6. The lowest BCUT2D eigenvalue weighted by atomic mass is 10.2. The Morgan fingerprint density at radius 3 is 2.45 bits per heavy atom. The summed E-state index contributed by atoms with van der Waals surface area (Å²) in [4.78, 5) is 13.1. The molecule has 7 nitrogen and oxygen atoms in total. The summed E-state index contributed by atoms with van der Waals surface area (Å²) >= 11 is 6.30. The molecule has 0 spiro atoms. The minimum absolute atomic E-state index is 0. The largest absolute Gasteiger partial charge is 0.493 e. The van der Waals surface area contributed by atoms with E-state index in [9.17, 15) is 0 Å². The molecule has 11 heteroatoms. The van der Waals surface area contributed by atoms with Crippen molar-refractivity contribution in [2.75, 3.05) is 44.7 Å². The van der Waals surface area contributed by atoms with Crippen LogP contribution in [0, 0.1) is 12.8 Å². The second-order valence-corrected chi connectivity index (χ2v) is 10.3. The van der Waals surface area contributed by atoms with E-state index in [1.54, 1.807) is 0 Å². The van der Waals surface area contributed by atoms with Gasteiger partial charge in [0.2, 0.25) is 0 Å². The fourth-order valence-electron chi connectivity index (χ4n) is 4.40. The number of halogens is 4. The van der Waals surface area contributed by atoms with E-state index in [4.69, 9.17) is 26.4 Å². The van der Waals surface area contributed by atoms with Crippen molar-refractivity contribution in [1.82, 2.24) is 24.6 Å². The van der Waals surface area contributed by atoms with E-state index in [0.717, 1.165) is 65.7 Å². The van der Waals surface area contributed by atoms with Crippen LogP contribution in [0.3, 0.4) is 0 Å². The van der Waals surface area contributed by atoms with Crippen molar-refractivity contribution in [3.8, 4) is 17.3 Å². The maximum atomic E-state index is 6.30. The molecule has 1 aliphatic heterocycles. The molecule has 5 rings (SSSR count). The first kappa shape index (κ1) is 32.1. The Balaban J connectivity index is 0.00000169. The highest BCUT2D eigenvalue weighted by molar-refractivity contribution is 6.30. The second kappa shape index (κ2) is 13.8. The first-order valence-electron chi connectivity index (χ1n) is 12.2. The van der Waals surface area contributed by atoms with Gasteiger partial charge in [-0.1, -0.05) is 25.4 Å². The van der Waals surface area contributed by atoms with Gasteiger partial charge in [-0.3, -0.25) is 4.68 Å². The van der Waals surface area contributed by atoms with Gasteiger partial charge in [0, 0.05) is 48.1 Å². The van der Waals surface area contributed by atoms with E-state index < -0.39 is 0 Å². The van der Waals surface area contributed by atoms with Crippen molar-refractivity contribution >= 4 is 65.5 Å². The van der Waals surface area contributed by atoms with Crippen molar-refractivity contribution in [2.24, 2.45) is 5.92 Å². The second-order valence-electron chi connectivity index (χ2n) is 9.86. The fraction of sp³-hybridized carbons (Fsp3) is 0.407. The third-order valence-electron chi connectivity index (χ3n) is 6.47. The van der Waals surface area contributed by atoms with Crippen LogP contribution in [0.15, 0.2) is 42.5 Å². The van der Waals surface area contributed by atoms with Gasteiger partial charge in [-0.15, -0.1) is 37.2 Å². The molecule has 208 valence electrons. The van der Waals surface area contributed by atoms with Gasteiger partial charge >= 0.3 is 0 Å². The van der Waals surface area contributed by atoms with Crippen molar-refractivity contribution in [3.63, 3.8) is 0 Å². The zero-order valence-corrected chi connectivity index (χ0v) is 25.3. The van der Waals surface area contributed by atoms with E-state index in [0.29, 0.717) is 24.1 Å². The number of hydrogen-bond acceptors (Lipinski definition) is 5. The Bertz CT molecular complexity index is 1330. The van der Waals surface area contributed by atoms with Crippen molar-refractivity contribution in [3.05, 3.63) is 58.7 Å². The van der Waals surface area contributed by atoms with Crippen LogP contribution in [0.4, 0.5) is 5.69 Å². The molecule has 38 heavy (non-hydrogen) atoms. The quantitative estimate of drug-likeness (QED) is 0.262. The number of anilines is 1. The van der Waals surface area contributed by atoms with E-state index in [1.807, 2.05) is 22.9 Å². The normalized spacial score (nSPS) is 13.7. The third-order valence-corrected chi connectivity index (χ3v) is 6.71. The number of aryl methyl sites for hydroxylation is 1.